The zero-order valence-electron chi connectivity index (χ0n) is 10.3. The highest BCUT2D eigenvalue weighted by Gasteiger charge is 2.31. The molecule has 0 heterocycles. The monoisotopic (exact) mass is 260 g/mol. The third kappa shape index (κ3) is 4.55. The lowest BCUT2D eigenvalue weighted by Crippen LogP contribution is -2.36. The van der Waals surface area contributed by atoms with Gasteiger partial charge in [0.2, 0.25) is 5.91 Å². The maximum absolute atomic E-state index is 11.8. The van der Waals surface area contributed by atoms with Gasteiger partial charge in [0.25, 0.3) is 0 Å². The van der Waals surface area contributed by atoms with Crippen molar-refractivity contribution in [2.45, 2.75) is 31.8 Å². The Balaban J connectivity index is 2.21. The number of hydrogen-bond acceptors (Lipinski definition) is 5. The lowest BCUT2D eigenvalue weighted by Gasteiger charge is -2.20. The van der Waals surface area contributed by atoms with Crippen LogP contribution in [0.4, 0.5) is 0 Å². The average Bonchev–Trinajstić information content (AvgIpc) is 3.13. The van der Waals surface area contributed by atoms with E-state index >= 15 is 0 Å². The van der Waals surface area contributed by atoms with Gasteiger partial charge in [-0.1, -0.05) is 0 Å². The first kappa shape index (κ1) is 14.3. The summed E-state index contributed by atoms with van der Waals surface area (Å²) in [7, 11) is 1.31. The zero-order chi connectivity index (χ0) is 12.8. The van der Waals surface area contributed by atoms with Crippen molar-refractivity contribution in [1.29, 1.82) is 0 Å². The Kier molecular flexibility index (Phi) is 5.77. The second-order valence-corrected chi connectivity index (χ2v) is 5.09. The summed E-state index contributed by atoms with van der Waals surface area (Å²) in [6, 6.07) is -0.198. The van der Waals surface area contributed by atoms with Crippen molar-refractivity contribution in [2.24, 2.45) is 5.73 Å². The third-order valence-electron chi connectivity index (χ3n) is 2.68. The lowest BCUT2D eigenvalue weighted by molar-refractivity contribution is -0.141. The number of thioether (sulfide) groups is 1. The van der Waals surface area contributed by atoms with Crippen molar-refractivity contribution in [3.63, 3.8) is 0 Å². The number of carbonyl (C=O) groups is 2. The molecule has 1 unspecified atom stereocenters. The van der Waals surface area contributed by atoms with E-state index in [9.17, 15) is 9.59 Å². The molecule has 0 spiro atoms. The first-order valence-corrected chi connectivity index (χ1v) is 6.96. The number of methoxy groups -OCH3 is 1. The summed E-state index contributed by atoms with van der Waals surface area (Å²) < 4.78 is 4.51. The van der Waals surface area contributed by atoms with Crippen molar-refractivity contribution in [1.82, 2.24) is 4.90 Å². The van der Waals surface area contributed by atoms with E-state index < -0.39 is 12.0 Å². The highest BCUT2D eigenvalue weighted by Crippen LogP contribution is 2.27. The second kappa shape index (κ2) is 6.86. The summed E-state index contributed by atoms with van der Waals surface area (Å²) in [4.78, 5) is 24.8. The molecule has 1 amide bonds. The molecule has 0 bridgehead atoms. The van der Waals surface area contributed by atoms with Crippen LogP contribution in [-0.2, 0) is 14.3 Å². The minimum atomic E-state index is -0.645. The van der Waals surface area contributed by atoms with Gasteiger partial charge in [0, 0.05) is 18.3 Å². The predicted octanol–water partition coefficient (Wildman–Crippen LogP) is 0.231. The molecule has 98 valence electrons. The standard InChI is InChI=1S/C11H20N2O3S/c1-3-13(8-4-5-8)10(14)7-17-6-9(12)11(15)16-2/h8-9H,3-7,12H2,1-2H3. The highest BCUT2D eigenvalue weighted by molar-refractivity contribution is 8.00. The maximum Gasteiger partial charge on any atom is 0.323 e. The van der Waals surface area contributed by atoms with Gasteiger partial charge >= 0.3 is 5.97 Å². The average molecular weight is 260 g/mol. The van der Waals surface area contributed by atoms with E-state index in [1.807, 2.05) is 11.8 Å². The Bertz CT molecular complexity index is 282. The SMILES string of the molecule is CCN(C(=O)CSCC(N)C(=O)OC)C1CC1. The predicted molar refractivity (Wildman–Crippen MR) is 67.7 cm³/mol. The second-order valence-electron chi connectivity index (χ2n) is 4.06. The molecule has 0 aromatic rings. The van der Waals surface area contributed by atoms with E-state index in [4.69, 9.17) is 5.73 Å². The minimum absolute atomic E-state index is 0.136. The lowest BCUT2D eigenvalue weighted by atomic mass is 10.4. The number of carbonyl (C=O) groups excluding carboxylic acids is 2. The molecular weight excluding hydrogens is 240 g/mol. The first-order chi connectivity index (χ1) is 8.10. The smallest absolute Gasteiger partial charge is 0.323 e. The highest BCUT2D eigenvalue weighted by atomic mass is 32.2. The van der Waals surface area contributed by atoms with E-state index in [-0.39, 0.29) is 5.91 Å². The van der Waals surface area contributed by atoms with Crippen LogP contribution in [0.2, 0.25) is 0 Å². The molecule has 0 aromatic heterocycles. The summed E-state index contributed by atoms with van der Waals surface area (Å²) in [6.45, 7) is 2.74. The maximum atomic E-state index is 11.8. The van der Waals surface area contributed by atoms with Gasteiger partial charge in [-0.25, -0.2) is 0 Å². The Morgan fingerprint density at radius 2 is 2.18 bits per heavy atom. The summed E-state index contributed by atoms with van der Waals surface area (Å²) in [5.74, 6) is 0.506. The fraction of sp³-hybridized carbons (Fsp3) is 0.818. The molecule has 1 aliphatic rings. The van der Waals surface area contributed by atoms with Crippen LogP contribution in [0.1, 0.15) is 19.8 Å². The van der Waals surface area contributed by atoms with Crippen molar-refractivity contribution in [2.75, 3.05) is 25.2 Å². The largest absolute Gasteiger partial charge is 0.468 e. The number of amides is 1. The van der Waals surface area contributed by atoms with E-state index in [2.05, 4.69) is 4.74 Å². The van der Waals surface area contributed by atoms with Crippen LogP contribution in [0.3, 0.4) is 0 Å². The van der Waals surface area contributed by atoms with Crippen molar-refractivity contribution in [3.05, 3.63) is 0 Å². The van der Waals surface area contributed by atoms with Gasteiger partial charge in [0.15, 0.2) is 0 Å². The van der Waals surface area contributed by atoms with Gasteiger partial charge in [0.1, 0.15) is 6.04 Å². The van der Waals surface area contributed by atoms with Crippen LogP contribution >= 0.6 is 11.8 Å². The van der Waals surface area contributed by atoms with Crippen LogP contribution < -0.4 is 5.73 Å². The van der Waals surface area contributed by atoms with Crippen molar-refractivity contribution >= 4 is 23.6 Å². The molecule has 1 atom stereocenters. The summed E-state index contributed by atoms with van der Waals surface area (Å²) in [5.41, 5.74) is 5.57. The number of hydrogen-bond donors (Lipinski definition) is 1. The van der Waals surface area contributed by atoms with E-state index in [0.29, 0.717) is 17.5 Å². The van der Waals surface area contributed by atoms with Crippen LogP contribution in [0.15, 0.2) is 0 Å². The van der Waals surface area contributed by atoms with Gasteiger partial charge < -0.3 is 15.4 Å². The minimum Gasteiger partial charge on any atom is -0.468 e. The van der Waals surface area contributed by atoms with Crippen molar-refractivity contribution < 1.29 is 14.3 Å². The number of nitrogens with zero attached hydrogens (tertiary/aromatic N) is 1. The van der Waals surface area contributed by atoms with E-state index in [1.54, 1.807) is 0 Å². The fourth-order valence-electron chi connectivity index (χ4n) is 1.60. The Morgan fingerprint density at radius 1 is 1.53 bits per heavy atom. The summed E-state index contributed by atoms with van der Waals surface area (Å²) >= 11 is 1.38. The third-order valence-corrected chi connectivity index (χ3v) is 3.72. The molecule has 1 fully saturated rings. The zero-order valence-corrected chi connectivity index (χ0v) is 11.2. The molecule has 0 saturated heterocycles. The van der Waals surface area contributed by atoms with Crippen LogP contribution in [0, 0.1) is 0 Å². The normalized spacial score (nSPS) is 16.4. The number of esters is 1. The topological polar surface area (TPSA) is 72.6 Å². The molecule has 1 saturated carbocycles. The molecule has 1 aliphatic carbocycles. The fourth-order valence-corrected chi connectivity index (χ4v) is 2.45. The first-order valence-electron chi connectivity index (χ1n) is 5.80. The van der Waals surface area contributed by atoms with Gasteiger partial charge in [-0.2, -0.15) is 0 Å². The molecule has 0 aliphatic heterocycles. The quantitative estimate of drug-likeness (QED) is 0.663. The van der Waals surface area contributed by atoms with Crippen molar-refractivity contribution in [3.8, 4) is 0 Å². The summed E-state index contributed by atoms with van der Waals surface area (Å²) in [5, 5.41) is 0. The number of ether oxygens (including phenoxy) is 1. The van der Waals surface area contributed by atoms with E-state index in [0.717, 1.165) is 19.4 Å². The Morgan fingerprint density at radius 3 is 2.65 bits per heavy atom. The molecular formula is C11H20N2O3S. The van der Waals surface area contributed by atoms with Crippen LogP contribution in [-0.4, -0.2) is 54.0 Å². The van der Waals surface area contributed by atoms with Gasteiger partial charge in [-0.15, -0.1) is 11.8 Å². The van der Waals surface area contributed by atoms with Gasteiger partial charge in [-0.3, -0.25) is 9.59 Å². The van der Waals surface area contributed by atoms with Gasteiger partial charge in [0.05, 0.1) is 12.9 Å². The molecule has 5 nitrogen and oxygen atoms in total. The molecule has 2 N–H and O–H groups in total. The number of rotatable bonds is 7. The molecule has 0 radical (unpaired) electrons. The van der Waals surface area contributed by atoms with Crippen LogP contribution in [0.5, 0.6) is 0 Å². The molecule has 6 heteroatoms. The number of nitrogens with two attached hydrogens (primary N) is 1. The Hall–Kier alpha value is -0.750. The van der Waals surface area contributed by atoms with Crippen LogP contribution in [0.25, 0.3) is 0 Å². The molecule has 17 heavy (non-hydrogen) atoms. The molecule has 0 aromatic carbocycles. The summed E-state index contributed by atoms with van der Waals surface area (Å²) in [6.07, 6.45) is 2.23. The van der Waals surface area contributed by atoms with E-state index in [1.165, 1.54) is 18.9 Å². The van der Waals surface area contributed by atoms with Gasteiger partial charge in [-0.05, 0) is 19.8 Å². The molecule has 1 rings (SSSR count). The Labute approximate surface area is 106 Å².